The fourth-order valence-corrected chi connectivity index (χ4v) is 3.83. The Labute approximate surface area is 159 Å². The number of aryl methyl sites for hydroxylation is 1. The zero-order valence-electron chi connectivity index (χ0n) is 15.5. The lowest BCUT2D eigenvalue weighted by Gasteiger charge is -2.37. The van der Waals surface area contributed by atoms with Gasteiger partial charge in [-0.05, 0) is 31.0 Å². The minimum Gasteiger partial charge on any atom is -0.366 e. The summed E-state index contributed by atoms with van der Waals surface area (Å²) in [6, 6.07) is 15.1. The van der Waals surface area contributed by atoms with Gasteiger partial charge in [0, 0.05) is 32.2 Å². The third-order valence-corrected chi connectivity index (χ3v) is 5.47. The third-order valence-electron chi connectivity index (χ3n) is 5.47. The third kappa shape index (κ3) is 3.82. The monoisotopic (exact) mass is 368 g/mol. The highest BCUT2D eigenvalue weighted by Gasteiger charge is 2.34. The number of carbonyl (C=O) groups excluding carboxylic acids is 1. The molecule has 0 saturated carbocycles. The molecule has 2 saturated heterocycles. The second kappa shape index (κ2) is 7.66. The van der Waals surface area contributed by atoms with Crippen molar-refractivity contribution in [1.82, 2.24) is 15.8 Å². The first kappa shape index (κ1) is 17.9. The van der Waals surface area contributed by atoms with E-state index in [4.69, 9.17) is 0 Å². The van der Waals surface area contributed by atoms with Crippen molar-refractivity contribution in [1.29, 1.82) is 0 Å². The van der Waals surface area contributed by atoms with Gasteiger partial charge in [0.05, 0.1) is 5.69 Å². The number of rotatable bonds is 3. The first-order valence-corrected chi connectivity index (χ1v) is 9.48. The van der Waals surface area contributed by atoms with Gasteiger partial charge in [-0.25, -0.2) is 15.2 Å². The van der Waals surface area contributed by atoms with Gasteiger partial charge in [0.1, 0.15) is 11.9 Å². The molecule has 2 N–H and O–H groups in total. The summed E-state index contributed by atoms with van der Waals surface area (Å²) in [5.74, 6) is -0.0924. The number of para-hydroxylation sites is 1. The molecule has 0 aliphatic carbocycles. The van der Waals surface area contributed by atoms with Gasteiger partial charge in [-0.1, -0.05) is 42.0 Å². The van der Waals surface area contributed by atoms with Crippen molar-refractivity contribution in [3.63, 3.8) is 0 Å². The Balaban J connectivity index is 1.33. The average molecular weight is 368 g/mol. The highest BCUT2D eigenvalue weighted by molar-refractivity contribution is 5.82. The molecule has 1 amide bonds. The Morgan fingerprint density at radius 3 is 2.41 bits per heavy atom. The van der Waals surface area contributed by atoms with E-state index in [0.717, 1.165) is 6.42 Å². The van der Waals surface area contributed by atoms with Crippen LogP contribution in [0.5, 0.6) is 0 Å². The highest BCUT2D eigenvalue weighted by atomic mass is 19.1. The van der Waals surface area contributed by atoms with Crippen molar-refractivity contribution in [2.45, 2.75) is 25.4 Å². The summed E-state index contributed by atoms with van der Waals surface area (Å²) in [5, 5.41) is 0. The molecule has 0 spiro atoms. The number of halogens is 1. The molecule has 0 aromatic heterocycles. The Morgan fingerprint density at radius 1 is 1.00 bits per heavy atom. The van der Waals surface area contributed by atoms with Crippen LogP contribution in [0.15, 0.2) is 48.5 Å². The molecule has 2 aliphatic rings. The summed E-state index contributed by atoms with van der Waals surface area (Å²) in [6.07, 6.45) is 0.732. The van der Waals surface area contributed by atoms with E-state index in [9.17, 15) is 9.18 Å². The fourth-order valence-electron chi connectivity index (χ4n) is 3.83. The number of hydrogen-bond donors (Lipinski definition) is 2. The number of hydrazine groups is 1. The van der Waals surface area contributed by atoms with Crippen molar-refractivity contribution in [3.8, 4) is 0 Å². The molecule has 27 heavy (non-hydrogen) atoms. The van der Waals surface area contributed by atoms with Crippen LogP contribution >= 0.6 is 0 Å². The largest absolute Gasteiger partial charge is 0.366 e. The molecule has 0 bridgehead atoms. The Bertz CT molecular complexity index is 802. The van der Waals surface area contributed by atoms with Gasteiger partial charge in [-0.15, -0.1) is 0 Å². The van der Waals surface area contributed by atoms with Gasteiger partial charge in [0.25, 0.3) is 0 Å². The van der Waals surface area contributed by atoms with Gasteiger partial charge >= 0.3 is 0 Å². The number of anilines is 1. The van der Waals surface area contributed by atoms with Gasteiger partial charge in [0.2, 0.25) is 5.91 Å². The quantitative estimate of drug-likeness (QED) is 0.873. The molecular weight excluding hydrogens is 343 g/mol. The number of nitrogens with zero attached hydrogens (tertiary/aromatic N) is 2. The summed E-state index contributed by atoms with van der Waals surface area (Å²) in [4.78, 5) is 16.8. The normalized spacial score (nSPS) is 22.9. The molecule has 2 aromatic rings. The van der Waals surface area contributed by atoms with E-state index in [-0.39, 0.29) is 23.8 Å². The van der Waals surface area contributed by atoms with E-state index in [0.29, 0.717) is 31.9 Å². The zero-order chi connectivity index (χ0) is 18.8. The van der Waals surface area contributed by atoms with Crippen molar-refractivity contribution >= 4 is 11.6 Å². The van der Waals surface area contributed by atoms with Crippen LogP contribution in [-0.2, 0) is 4.79 Å². The van der Waals surface area contributed by atoms with E-state index >= 15 is 0 Å². The van der Waals surface area contributed by atoms with Crippen LogP contribution < -0.4 is 15.8 Å². The van der Waals surface area contributed by atoms with Crippen LogP contribution in [0.3, 0.4) is 0 Å². The fraction of sp³-hybridized carbons (Fsp3) is 0.381. The van der Waals surface area contributed by atoms with Gasteiger partial charge in [0.15, 0.2) is 0 Å². The van der Waals surface area contributed by atoms with Gasteiger partial charge < -0.3 is 9.80 Å². The second-order valence-electron chi connectivity index (χ2n) is 7.30. The molecule has 5 nitrogen and oxygen atoms in total. The SMILES string of the molecule is Cc1ccc(C2CC(C(=O)N3CCN(c4ccccc4F)CC3)NN2)cc1. The van der Waals surface area contributed by atoms with Crippen LogP contribution in [-0.4, -0.2) is 43.0 Å². The number of benzene rings is 2. The molecule has 2 unspecified atom stereocenters. The van der Waals surface area contributed by atoms with Crippen LogP contribution in [0.2, 0.25) is 0 Å². The summed E-state index contributed by atoms with van der Waals surface area (Å²) in [7, 11) is 0. The van der Waals surface area contributed by atoms with Crippen LogP contribution in [0.4, 0.5) is 10.1 Å². The van der Waals surface area contributed by atoms with E-state index in [1.165, 1.54) is 17.2 Å². The Kier molecular flexibility index (Phi) is 5.09. The highest BCUT2D eigenvalue weighted by Crippen LogP contribution is 2.25. The molecule has 2 fully saturated rings. The number of piperazine rings is 1. The van der Waals surface area contributed by atoms with Gasteiger partial charge in [-0.2, -0.15) is 0 Å². The molecule has 6 heteroatoms. The number of carbonyl (C=O) groups is 1. The topological polar surface area (TPSA) is 47.6 Å². The van der Waals surface area contributed by atoms with Crippen LogP contribution in [0.25, 0.3) is 0 Å². The van der Waals surface area contributed by atoms with Crippen molar-refractivity contribution in [2.24, 2.45) is 0 Å². The van der Waals surface area contributed by atoms with Crippen molar-refractivity contribution in [2.75, 3.05) is 31.1 Å². The summed E-state index contributed by atoms with van der Waals surface area (Å²) in [5.41, 5.74) is 9.43. The van der Waals surface area contributed by atoms with Crippen LogP contribution in [0.1, 0.15) is 23.6 Å². The predicted octanol–water partition coefficient (Wildman–Crippen LogP) is 2.39. The molecule has 142 valence electrons. The first-order valence-electron chi connectivity index (χ1n) is 9.48. The standard InChI is InChI=1S/C21H25FN4O/c1-15-6-8-16(9-7-15)18-14-19(24-23-18)21(27)26-12-10-25(11-13-26)20-5-3-2-4-17(20)22/h2-9,18-19,23-24H,10-14H2,1H3. The smallest absolute Gasteiger partial charge is 0.241 e. The lowest BCUT2D eigenvalue weighted by atomic mass is 10.0. The number of amides is 1. The van der Waals surface area contributed by atoms with E-state index in [1.54, 1.807) is 12.1 Å². The molecule has 2 atom stereocenters. The Morgan fingerprint density at radius 2 is 1.70 bits per heavy atom. The van der Waals surface area contributed by atoms with Crippen molar-refractivity contribution in [3.05, 3.63) is 65.5 Å². The molecule has 4 rings (SSSR count). The van der Waals surface area contributed by atoms with E-state index < -0.39 is 0 Å². The summed E-state index contributed by atoms with van der Waals surface area (Å²) < 4.78 is 14.0. The molecular formula is C21H25FN4O. The lowest BCUT2D eigenvalue weighted by molar-refractivity contribution is -0.133. The van der Waals surface area contributed by atoms with Crippen molar-refractivity contribution < 1.29 is 9.18 Å². The number of nitrogens with one attached hydrogen (secondary N) is 2. The molecule has 2 aliphatic heterocycles. The molecule has 0 radical (unpaired) electrons. The average Bonchev–Trinajstić information content (AvgIpc) is 3.19. The zero-order valence-corrected chi connectivity index (χ0v) is 15.5. The van der Waals surface area contributed by atoms with Gasteiger partial charge in [-0.3, -0.25) is 4.79 Å². The first-order chi connectivity index (χ1) is 13.1. The summed E-state index contributed by atoms with van der Waals surface area (Å²) in [6.45, 7) is 4.58. The van der Waals surface area contributed by atoms with E-state index in [2.05, 4.69) is 42.0 Å². The maximum Gasteiger partial charge on any atom is 0.241 e. The van der Waals surface area contributed by atoms with E-state index in [1.807, 2.05) is 15.9 Å². The number of hydrogen-bond acceptors (Lipinski definition) is 4. The minimum atomic E-state index is -0.226. The molecule has 2 aromatic carbocycles. The second-order valence-corrected chi connectivity index (χ2v) is 7.30. The van der Waals surface area contributed by atoms with Crippen LogP contribution in [0, 0.1) is 12.7 Å². The summed E-state index contributed by atoms with van der Waals surface area (Å²) >= 11 is 0. The maximum atomic E-state index is 14.0. The predicted molar refractivity (Wildman–Crippen MR) is 104 cm³/mol. The Hall–Kier alpha value is -2.44. The minimum absolute atomic E-state index is 0.116. The maximum absolute atomic E-state index is 14.0. The molecule has 2 heterocycles. The lowest BCUT2D eigenvalue weighted by Crippen LogP contribution is -2.53.